The van der Waals surface area contributed by atoms with Crippen molar-refractivity contribution >= 4 is 22.7 Å². The highest BCUT2D eigenvalue weighted by Crippen LogP contribution is 2.28. The van der Waals surface area contributed by atoms with Crippen molar-refractivity contribution in [2.75, 3.05) is 12.9 Å². The molecule has 7 heteroatoms. The van der Waals surface area contributed by atoms with Crippen molar-refractivity contribution in [1.29, 1.82) is 5.26 Å². The highest BCUT2D eigenvalue weighted by molar-refractivity contribution is 7.84. The van der Waals surface area contributed by atoms with Gasteiger partial charge in [0, 0.05) is 6.26 Å². The van der Waals surface area contributed by atoms with Crippen molar-refractivity contribution in [2.45, 2.75) is 36.1 Å². The van der Waals surface area contributed by atoms with Crippen LogP contribution in [0.3, 0.4) is 0 Å². The van der Waals surface area contributed by atoms with Gasteiger partial charge in [0.15, 0.2) is 6.61 Å². The summed E-state index contributed by atoms with van der Waals surface area (Å²) in [7, 11) is -1.33. The van der Waals surface area contributed by atoms with Crippen molar-refractivity contribution in [3.63, 3.8) is 0 Å². The predicted octanol–water partition coefficient (Wildman–Crippen LogP) is 1.53. The van der Waals surface area contributed by atoms with Gasteiger partial charge in [0.25, 0.3) is 5.91 Å². The van der Waals surface area contributed by atoms with Gasteiger partial charge in [-0.15, -0.1) is 0 Å². The third-order valence-corrected chi connectivity index (χ3v) is 4.78. The van der Waals surface area contributed by atoms with Gasteiger partial charge in [0.05, 0.1) is 27.3 Å². The van der Waals surface area contributed by atoms with E-state index in [1.807, 2.05) is 0 Å². The molecule has 0 aromatic heterocycles. The Balaban J connectivity index is 1.96. The van der Waals surface area contributed by atoms with E-state index in [1.54, 1.807) is 18.2 Å². The Hall–Kier alpha value is -2.20. The van der Waals surface area contributed by atoms with Gasteiger partial charge in [0.1, 0.15) is 5.54 Å². The maximum atomic E-state index is 12.1. The molecule has 0 radical (unpaired) electrons. The molecule has 0 aliphatic heterocycles. The van der Waals surface area contributed by atoms with E-state index >= 15 is 0 Å². The van der Waals surface area contributed by atoms with Gasteiger partial charge in [-0.25, -0.2) is 4.79 Å². The Kier molecular flexibility index (Phi) is 5.50. The van der Waals surface area contributed by atoms with Gasteiger partial charge in [-0.2, -0.15) is 5.26 Å². The number of carbonyl (C=O) groups excluding carboxylic acids is 2. The van der Waals surface area contributed by atoms with Gasteiger partial charge in [-0.1, -0.05) is 12.1 Å². The Morgan fingerprint density at radius 2 is 2.00 bits per heavy atom. The molecule has 0 unspecified atom stereocenters. The molecule has 23 heavy (non-hydrogen) atoms. The summed E-state index contributed by atoms with van der Waals surface area (Å²) in [6.45, 7) is -0.465. The summed E-state index contributed by atoms with van der Waals surface area (Å²) in [5.74, 6) is -1.21. The SMILES string of the molecule is C[S@](=O)c1ccccc1C(=O)OCC(=O)NC1(C#N)CCCC1. The predicted molar refractivity (Wildman–Crippen MR) is 84.0 cm³/mol. The molecule has 0 spiro atoms. The average Bonchev–Trinajstić information content (AvgIpc) is 3.01. The number of carbonyl (C=O) groups is 2. The fourth-order valence-electron chi connectivity index (χ4n) is 2.64. The maximum Gasteiger partial charge on any atom is 0.339 e. The average molecular weight is 334 g/mol. The first-order chi connectivity index (χ1) is 11.0. The van der Waals surface area contributed by atoms with E-state index in [0.717, 1.165) is 12.8 Å². The third kappa shape index (κ3) is 4.17. The fourth-order valence-corrected chi connectivity index (χ4v) is 3.37. The number of amides is 1. The van der Waals surface area contributed by atoms with Crippen LogP contribution in [0.4, 0.5) is 0 Å². The lowest BCUT2D eigenvalue weighted by Gasteiger charge is -2.21. The lowest BCUT2D eigenvalue weighted by Crippen LogP contribution is -2.46. The van der Waals surface area contributed by atoms with E-state index in [2.05, 4.69) is 11.4 Å². The standard InChI is InChI=1S/C16H18N2O4S/c1-23(21)13-7-3-2-6-12(13)15(20)22-10-14(19)18-16(11-17)8-4-5-9-16/h2-3,6-7H,4-5,8-10H2,1H3,(H,18,19)/t23-/m0/s1. The molecule has 1 amide bonds. The molecule has 1 N–H and O–H groups in total. The van der Waals surface area contributed by atoms with Crippen LogP contribution in [0.2, 0.25) is 0 Å². The zero-order chi connectivity index (χ0) is 16.9. The number of hydrogen-bond donors (Lipinski definition) is 1. The summed E-state index contributed by atoms with van der Waals surface area (Å²) in [5, 5.41) is 11.9. The highest BCUT2D eigenvalue weighted by atomic mass is 32.2. The molecule has 0 saturated heterocycles. The second-order valence-corrected chi connectivity index (χ2v) is 6.82. The monoisotopic (exact) mass is 334 g/mol. The van der Waals surface area contributed by atoms with Crippen LogP contribution in [0, 0.1) is 11.3 Å². The van der Waals surface area contributed by atoms with Gasteiger partial charge >= 0.3 is 5.97 Å². The summed E-state index contributed by atoms with van der Waals surface area (Å²) in [5.41, 5.74) is -0.663. The molecule has 1 aliphatic rings. The smallest absolute Gasteiger partial charge is 0.339 e. The highest BCUT2D eigenvalue weighted by Gasteiger charge is 2.35. The van der Waals surface area contributed by atoms with Crippen LogP contribution in [-0.2, 0) is 20.3 Å². The number of rotatable bonds is 5. The van der Waals surface area contributed by atoms with E-state index in [-0.39, 0.29) is 5.56 Å². The van der Waals surface area contributed by atoms with Crippen LogP contribution in [-0.4, -0.2) is 34.5 Å². The van der Waals surface area contributed by atoms with Crippen LogP contribution in [0.5, 0.6) is 0 Å². The molecule has 6 nitrogen and oxygen atoms in total. The van der Waals surface area contributed by atoms with E-state index in [0.29, 0.717) is 17.7 Å². The lowest BCUT2D eigenvalue weighted by atomic mass is 10.00. The van der Waals surface area contributed by atoms with Crippen LogP contribution in [0.15, 0.2) is 29.2 Å². The minimum atomic E-state index is -1.33. The molecule has 1 fully saturated rings. The number of esters is 1. The Labute approximate surface area is 137 Å². The number of nitrogens with one attached hydrogen (secondary N) is 1. The van der Waals surface area contributed by atoms with E-state index in [9.17, 15) is 19.1 Å². The quantitative estimate of drug-likeness (QED) is 0.824. The maximum absolute atomic E-state index is 12.1. The topological polar surface area (TPSA) is 96.3 Å². The Morgan fingerprint density at radius 3 is 2.61 bits per heavy atom. The van der Waals surface area contributed by atoms with Crippen molar-refractivity contribution in [1.82, 2.24) is 5.32 Å². The zero-order valence-corrected chi connectivity index (χ0v) is 13.6. The van der Waals surface area contributed by atoms with Crippen LogP contribution >= 0.6 is 0 Å². The molecular weight excluding hydrogens is 316 g/mol. The van der Waals surface area contributed by atoms with Crippen molar-refractivity contribution in [2.24, 2.45) is 0 Å². The molecule has 1 aromatic carbocycles. The van der Waals surface area contributed by atoms with Gasteiger partial charge in [-0.3, -0.25) is 9.00 Å². The summed E-state index contributed by atoms with van der Waals surface area (Å²) < 4.78 is 16.6. The summed E-state index contributed by atoms with van der Waals surface area (Å²) in [4.78, 5) is 24.3. The summed E-state index contributed by atoms with van der Waals surface area (Å²) in [6, 6.07) is 8.54. The molecule has 1 aromatic rings. The molecule has 0 heterocycles. The summed E-state index contributed by atoms with van der Waals surface area (Å²) in [6.07, 6.45) is 4.48. The molecule has 1 saturated carbocycles. The van der Waals surface area contributed by atoms with Crippen molar-refractivity contribution < 1.29 is 18.5 Å². The first kappa shape index (κ1) is 17.2. The van der Waals surface area contributed by atoms with Crippen LogP contribution < -0.4 is 5.32 Å². The minimum Gasteiger partial charge on any atom is -0.452 e. The molecule has 1 aliphatic carbocycles. The first-order valence-corrected chi connectivity index (χ1v) is 8.85. The lowest BCUT2D eigenvalue weighted by molar-refractivity contribution is -0.125. The van der Waals surface area contributed by atoms with E-state index in [1.165, 1.54) is 12.3 Å². The second kappa shape index (κ2) is 7.38. The largest absolute Gasteiger partial charge is 0.452 e. The number of ether oxygens (including phenoxy) is 1. The molecule has 2 rings (SSSR count). The minimum absolute atomic E-state index is 0.178. The molecule has 0 bridgehead atoms. The van der Waals surface area contributed by atoms with E-state index in [4.69, 9.17) is 4.74 Å². The summed E-state index contributed by atoms with van der Waals surface area (Å²) >= 11 is 0. The van der Waals surface area contributed by atoms with Gasteiger partial charge in [-0.05, 0) is 37.8 Å². The number of benzene rings is 1. The number of nitrogens with zero attached hydrogens (tertiary/aromatic N) is 1. The molecule has 1 atom stereocenters. The van der Waals surface area contributed by atoms with E-state index < -0.39 is 34.8 Å². The number of hydrogen-bond acceptors (Lipinski definition) is 5. The van der Waals surface area contributed by atoms with Crippen molar-refractivity contribution in [3.8, 4) is 6.07 Å². The number of nitriles is 1. The Morgan fingerprint density at radius 1 is 1.35 bits per heavy atom. The normalized spacial score (nSPS) is 17.0. The first-order valence-electron chi connectivity index (χ1n) is 7.29. The fraction of sp³-hybridized carbons (Fsp3) is 0.438. The molecule has 122 valence electrons. The zero-order valence-electron chi connectivity index (χ0n) is 12.8. The van der Waals surface area contributed by atoms with Crippen LogP contribution in [0.1, 0.15) is 36.0 Å². The van der Waals surface area contributed by atoms with Crippen molar-refractivity contribution in [3.05, 3.63) is 29.8 Å². The molecular formula is C16H18N2O4S. The van der Waals surface area contributed by atoms with Gasteiger partial charge < -0.3 is 10.1 Å². The van der Waals surface area contributed by atoms with Crippen LogP contribution in [0.25, 0.3) is 0 Å². The Bertz CT molecular complexity index is 675. The van der Waals surface area contributed by atoms with Gasteiger partial charge in [0.2, 0.25) is 0 Å². The third-order valence-electron chi connectivity index (χ3n) is 3.80. The second-order valence-electron chi connectivity index (χ2n) is 5.48.